The molecule has 1 aliphatic heterocycles. The van der Waals surface area contributed by atoms with Gasteiger partial charge in [0, 0.05) is 34.1 Å². The molecular formula is C21H23ClFN5O. The first-order valence-electron chi connectivity index (χ1n) is 9.63. The molecule has 2 aromatic heterocycles. The topological polar surface area (TPSA) is 78.0 Å². The van der Waals surface area contributed by atoms with Crippen molar-refractivity contribution in [3.63, 3.8) is 0 Å². The van der Waals surface area contributed by atoms with Gasteiger partial charge in [-0.25, -0.2) is 9.37 Å². The van der Waals surface area contributed by atoms with Gasteiger partial charge >= 0.3 is 0 Å². The van der Waals surface area contributed by atoms with E-state index in [2.05, 4.69) is 15.4 Å². The van der Waals surface area contributed by atoms with Crippen molar-refractivity contribution in [1.82, 2.24) is 20.1 Å². The smallest absolute Gasteiger partial charge is 0.166 e. The number of ether oxygens (including phenoxy) is 1. The zero-order valence-corrected chi connectivity index (χ0v) is 16.9. The van der Waals surface area contributed by atoms with Crippen LogP contribution in [0.4, 0.5) is 10.2 Å². The molecule has 0 radical (unpaired) electrons. The lowest BCUT2D eigenvalue weighted by molar-refractivity contribution is 0.227. The molecule has 4 rings (SSSR count). The average Bonchev–Trinajstić information content (AvgIpc) is 3.22. The molecule has 6 nitrogen and oxygen atoms in total. The van der Waals surface area contributed by atoms with Crippen molar-refractivity contribution in [2.24, 2.45) is 0 Å². The van der Waals surface area contributed by atoms with Crippen molar-refractivity contribution in [3.8, 4) is 16.9 Å². The Balaban J connectivity index is 1.56. The maximum atomic E-state index is 13.6. The van der Waals surface area contributed by atoms with Crippen LogP contribution < -0.4 is 15.8 Å². The highest BCUT2D eigenvalue weighted by atomic mass is 35.5. The molecule has 0 aliphatic carbocycles. The lowest BCUT2D eigenvalue weighted by Crippen LogP contribution is -2.29. The van der Waals surface area contributed by atoms with E-state index in [1.807, 2.05) is 23.1 Å². The number of hydrogen-bond acceptors (Lipinski definition) is 5. The third-order valence-electron chi connectivity index (χ3n) is 5.20. The monoisotopic (exact) mass is 415 g/mol. The van der Waals surface area contributed by atoms with Gasteiger partial charge < -0.3 is 15.8 Å². The van der Waals surface area contributed by atoms with E-state index in [1.165, 1.54) is 18.2 Å². The molecule has 29 heavy (non-hydrogen) atoms. The Morgan fingerprint density at radius 2 is 2.03 bits per heavy atom. The summed E-state index contributed by atoms with van der Waals surface area (Å²) in [4.78, 5) is 4.26. The summed E-state index contributed by atoms with van der Waals surface area (Å²) in [6.45, 7) is 3.80. The number of halogens is 2. The number of benzene rings is 1. The van der Waals surface area contributed by atoms with Crippen LogP contribution in [0.2, 0.25) is 5.02 Å². The molecule has 3 N–H and O–H groups in total. The predicted molar refractivity (Wildman–Crippen MR) is 111 cm³/mol. The molecule has 1 unspecified atom stereocenters. The average molecular weight is 416 g/mol. The Kier molecular flexibility index (Phi) is 5.69. The van der Waals surface area contributed by atoms with Gasteiger partial charge in [-0.1, -0.05) is 11.6 Å². The van der Waals surface area contributed by atoms with Crippen LogP contribution in [0.15, 0.2) is 42.9 Å². The van der Waals surface area contributed by atoms with Gasteiger partial charge in [-0.05, 0) is 57.1 Å². The first-order valence-corrected chi connectivity index (χ1v) is 10.0. The van der Waals surface area contributed by atoms with Gasteiger partial charge in [0.15, 0.2) is 11.6 Å². The first kappa shape index (κ1) is 19.7. The van der Waals surface area contributed by atoms with Crippen molar-refractivity contribution >= 4 is 17.4 Å². The Labute approximate surface area is 173 Å². The van der Waals surface area contributed by atoms with E-state index in [4.69, 9.17) is 22.1 Å². The minimum Gasteiger partial charge on any atom is -0.482 e. The van der Waals surface area contributed by atoms with E-state index in [0.717, 1.165) is 37.1 Å². The van der Waals surface area contributed by atoms with Crippen LogP contribution in [0.1, 0.15) is 37.5 Å². The second kappa shape index (κ2) is 8.39. The number of anilines is 1. The van der Waals surface area contributed by atoms with E-state index >= 15 is 0 Å². The summed E-state index contributed by atoms with van der Waals surface area (Å²) in [5.41, 5.74) is 8.36. The van der Waals surface area contributed by atoms with Crippen molar-refractivity contribution in [2.45, 2.75) is 31.9 Å². The minimum atomic E-state index is -0.491. The molecule has 152 valence electrons. The van der Waals surface area contributed by atoms with Crippen LogP contribution in [0.5, 0.6) is 5.75 Å². The molecule has 1 aromatic carbocycles. The summed E-state index contributed by atoms with van der Waals surface area (Å²) in [5, 5.41) is 8.32. The van der Waals surface area contributed by atoms with E-state index < -0.39 is 6.10 Å². The van der Waals surface area contributed by atoms with Crippen molar-refractivity contribution in [3.05, 3.63) is 59.3 Å². The lowest BCUT2D eigenvalue weighted by Gasteiger charge is -2.22. The molecule has 3 aromatic rings. The Hall–Kier alpha value is -2.64. The molecule has 0 bridgehead atoms. The van der Waals surface area contributed by atoms with Gasteiger partial charge in [0.25, 0.3) is 0 Å². The molecule has 1 fully saturated rings. The molecule has 1 aliphatic rings. The number of nitrogen functional groups attached to an aromatic ring is 1. The van der Waals surface area contributed by atoms with Crippen LogP contribution in [0, 0.1) is 5.82 Å². The van der Waals surface area contributed by atoms with E-state index in [1.54, 1.807) is 13.1 Å². The number of nitrogens with one attached hydrogen (secondary N) is 1. The summed E-state index contributed by atoms with van der Waals surface area (Å²) in [5.74, 6) is 0.314. The summed E-state index contributed by atoms with van der Waals surface area (Å²) < 4.78 is 21.6. The van der Waals surface area contributed by atoms with Gasteiger partial charge in [0.1, 0.15) is 11.9 Å². The molecule has 0 spiro atoms. The van der Waals surface area contributed by atoms with E-state index in [0.29, 0.717) is 22.4 Å². The number of aromatic nitrogens is 3. The van der Waals surface area contributed by atoms with Gasteiger partial charge in [-0.15, -0.1) is 0 Å². The maximum Gasteiger partial charge on any atom is 0.166 e. The largest absolute Gasteiger partial charge is 0.482 e. The molecular weight excluding hydrogens is 393 g/mol. The number of piperidine rings is 1. The molecule has 3 heterocycles. The second-order valence-electron chi connectivity index (χ2n) is 7.22. The molecule has 1 saturated heterocycles. The van der Waals surface area contributed by atoms with E-state index in [9.17, 15) is 4.39 Å². The quantitative estimate of drug-likeness (QED) is 0.646. The van der Waals surface area contributed by atoms with Crippen LogP contribution in [0.25, 0.3) is 11.1 Å². The standard InChI is InChI=1S/C21H23ClFN5O/c1-13(18-9-16(23)2-3-19(18)22)29-20-8-14(10-26-21(20)24)15-11-27-28(12-15)17-4-6-25-7-5-17/h2-3,8-13,17,25H,4-7H2,1H3,(H2,24,26). The lowest BCUT2D eigenvalue weighted by atomic mass is 10.1. The predicted octanol–water partition coefficient (Wildman–Crippen LogP) is 4.38. The van der Waals surface area contributed by atoms with Crippen molar-refractivity contribution in [2.75, 3.05) is 18.8 Å². The fraction of sp³-hybridized carbons (Fsp3) is 0.333. The fourth-order valence-corrected chi connectivity index (χ4v) is 3.82. The minimum absolute atomic E-state index is 0.263. The zero-order valence-electron chi connectivity index (χ0n) is 16.1. The third-order valence-corrected chi connectivity index (χ3v) is 5.54. The highest BCUT2D eigenvalue weighted by molar-refractivity contribution is 6.31. The highest BCUT2D eigenvalue weighted by Gasteiger charge is 2.18. The Morgan fingerprint density at radius 3 is 2.83 bits per heavy atom. The number of nitrogens with two attached hydrogens (primary N) is 1. The SMILES string of the molecule is CC(Oc1cc(-c2cnn(C3CCNCC3)c2)cnc1N)c1cc(F)ccc1Cl. The zero-order chi connectivity index (χ0) is 20.4. The Bertz CT molecular complexity index is 1000. The number of rotatable bonds is 5. The van der Waals surface area contributed by atoms with Crippen LogP contribution in [-0.2, 0) is 0 Å². The van der Waals surface area contributed by atoms with Crippen LogP contribution in [-0.4, -0.2) is 27.9 Å². The summed E-state index contributed by atoms with van der Waals surface area (Å²) >= 11 is 6.19. The second-order valence-corrected chi connectivity index (χ2v) is 7.63. The van der Waals surface area contributed by atoms with Gasteiger partial charge in [0.2, 0.25) is 0 Å². The van der Waals surface area contributed by atoms with Gasteiger partial charge in [0.05, 0.1) is 12.2 Å². The third kappa shape index (κ3) is 4.36. The first-order chi connectivity index (χ1) is 14.0. The maximum absolute atomic E-state index is 13.6. The molecule has 0 amide bonds. The summed E-state index contributed by atoms with van der Waals surface area (Å²) in [6, 6.07) is 6.42. The molecule has 8 heteroatoms. The van der Waals surface area contributed by atoms with Gasteiger partial charge in [-0.3, -0.25) is 4.68 Å². The summed E-state index contributed by atoms with van der Waals surface area (Å²) in [7, 11) is 0. The number of pyridine rings is 1. The van der Waals surface area contributed by atoms with Crippen molar-refractivity contribution in [1.29, 1.82) is 0 Å². The molecule has 1 atom stereocenters. The fourth-order valence-electron chi connectivity index (χ4n) is 3.55. The number of hydrogen-bond donors (Lipinski definition) is 2. The highest BCUT2D eigenvalue weighted by Crippen LogP contribution is 2.33. The van der Waals surface area contributed by atoms with Crippen molar-refractivity contribution < 1.29 is 9.13 Å². The van der Waals surface area contributed by atoms with E-state index in [-0.39, 0.29) is 11.6 Å². The van der Waals surface area contributed by atoms with Crippen LogP contribution >= 0.6 is 11.6 Å². The summed E-state index contributed by atoms with van der Waals surface area (Å²) in [6.07, 6.45) is 7.18. The van der Waals surface area contributed by atoms with Crippen LogP contribution in [0.3, 0.4) is 0 Å². The Morgan fingerprint density at radius 1 is 1.24 bits per heavy atom. The molecule has 0 saturated carbocycles. The number of nitrogens with zero attached hydrogens (tertiary/aromatic N) is 3. The normalized spacial score (nSPS) is 16.0. The van der Waals surface area contributed by atoms with Gasteiger partial charge in [-0.2, -0.15) is 5.10 Å².